The molecule has 188 valence electrons. The average Bonchev–Trinajstić information content (AvgIpc) is 2.82. The second-order valence-corrected chi connectivity index (χ2v) is 7.92. The monoisotopic (exact) mass is 509 g/mol. The van der Waals surface area contributed by atoms with E-state index in [0.717, 1.165) is 17.7 Å². The fourth-order valence-electron chi connectivity index (χ4n) is 3.41. The van der Waals surface area contributed by atoms with E-state index in [2.05, 4.69) is 5.32 Å². The highest BCUT2D eigenvalue weighted by Gasteiger charge is 2.30. The van der Waals surface area contributed by atoms with Crippen LogP contribution in [0.3, 0.4) is 0 Å². The summed E-state index contributed by atoms with van der Waals surface area (Å²) in [5.41, 5.74) is 1.29. The number of hydrogen-bond donors (Lipinski definition) is 2. The molecule has 0 bridgehead atoms. The molecule has 0 heterocycles. The molecule has 3 rings (SSSR count). The number of nitrogens with one attached hydrogen (secondary N) is 1. The maximum Gasteiger partial charge on any atom is 0.416 e. The number of ether oxygens (including phenoxy) is 2. The Morgan fingerprint density at radius 2 is 1.63 bits per heavy atom. The van der Waals surface area contributed by atoms with Gasteiger partial charge in [0.1, 0.15) is 11.5 Å². The van der Waals surface area contributed by atoms with Gasteiger partial charge >= 0.3 is 12.1 Å². The minimum absolute atomic E-state index is 0. The number of aliphatic hydroxyl groups is 1. The van der Waals surface area contributed by atoms with Crippen molar-refractivity contribution in [2.45, 2.75) is 31.7 Å². The van der Waals surface area contributed by atoms with Crippen LogP contribution in [-0.2, 0) is 17.3 Å². The molecule has 0 aliphatic heterocycles. The summed E-state index contributed by atoms with van der Waals surface area (Å²) in [5.74, 6) is 0.00108. The normalized spacial score (nSPS) is 12.9. The van der Waals surface area contributed by atoms with Crippen LogP contribution in [-0.4, -0.2) is 30.8 Å². The molecule has 3 aromatic rings. The Morgan fingerprint density at radius 1 is 1.00 bits per heavy atom. The zero-order valence-electron chi connectivity index (χ0n) is 19.2. The van der Waals surface area contributed by atoms with Gasteiger partial charge in [-0.25, -0.2) is 4.79 Å². The van der Waals surface area contributed by atoms with Crippen LogP contribution in [0.5, 0.6) is 11.5 Å². The van der Waals surface area contributed by atoms with E-state index in [1.807, 2.05) is 19.1 Å². The van der Waals surface area contributed by atoms with Crippen molar-refractivity contribution in [1.29, 1.82) is 0 Å². The molecule has 2 atom stereocenters. The third kappa shape index (κ3) is 8.28. The van der Waals surface area contributed by atoms with Crippen LogP contribution >= 0.6 is 12.4 Å². The first-order chi connectivity index (χ1) is 16.2. The molecule has 5 nitrogen and oxygen atoms in total. The van der Waals surface area contributed by atoms with Crippen LogP contribution in [0.1, 0.15) is 40.1 Å². The third-order valence-corrected chi connectivity index (χ3v) is 5.22. The first kappa shape index (κ1) is 28.2. The number of benzene rings is 3. The Morgan fingerprint density at radius 3 is 2.26 bits per heavy atom. The van der Waals surface area contributed by atoms with Crippen molar-refractivity contribution in [2.24, 2.45) is 0 Å². The summed E-state index contributed by atoms with van der Waals surface area (Å²) in [6.45, 7) is 2.25. The zero-order valence-corrected chi connectivity index (χ0v) is 20.0. The summed E-state index contributed by atoms with van der Waals surface area (Å²) in [6, 6.07) is 18.4. The minimum atomic E-state index is -4.46. The highest BCUT2D eigenvalue weighted by atomic mass is 35.5. The lowest BCUT2D eigenvalue weighted by molar-refractivity contribution is -0.137. The van der Waals surface area contributed by atoms with Crippen molar-refractivity contribution in [3.05, 3.63) is 95.1 Å². The highest BCUT2D eigenvalue weighted by Crippen LogP contribution is 2.33. The lowest BCUT2D eigenvalue weighted by atomic mass is 10.0. The van der Waals surface area contributed by atoms with Gasteiger partial charge in [-0.1, -0.05) is 30.3 Å². The molecule has 0 spiro atoms. The smallest absolute Gasteiger partial charge is 0.416 e. The molecule has 0 radical (unpaired) electrons. The van der Waals surface area contributed by atoms with E-state index >= 15 is 0 Å². The molecule has 3 aromatic carbocycles. The quantitative estimate of drug-likeness (QED) is 0.348. The average molecular weight is 510 g/mol. The SMILES string of the molecule is COC(=O)c1ccc(CC(C)NCC(O)c2cccc(Oc3cccc(C(F)(F)F)c3)c2)cc1.Cl. The van der Waals surface area contributed by atoms with Crippen LogP contribution < -0.4 is 10.1 Å². The summed E-state index contributed by atoms with van der Waals surface area (Å²) in [6.07, 6.45) is -4.61. The maximum atomic E-state index is 12.9. The Labute approximate surface area is 208 Å². The van der Waals surface area contributed by atoms with Crippen LogP contribution in [0.4, 0.5) is 13.2 Å². The van der Waals surface area contributed by atoms with Crippen LogP contribution in [0.2, 0.25) is 0 Å². The van der Waals surface area contributed by atoms with Gasteiger partial charge in [0.05, 0.1) is 24.3 Å². The van der Waals surface area contributed by atoms with Crippen LogP contribution in [0.15, 0.2) is 72.8 Å². The molecule has 0 saturated heterocycles. The number of carbonyl (C=O) groups excluding carboxylic acids is 1. The van der Waals surface area contributed by atoms with Gasteiger partial charge in [0.2, 0.25) is 0 Å². The lowest BCUT2D eigenvalue weighted by Crippen LogP contribution is -2.32. The van der Waals surface area contributed by atoms with Crippen molar-refractivity contribution in [3.8, 4) is 11.5 Å². The number of methoxy groups -OCH3 is 1. The van der Waals surface area contributed by atoms with Gasteiger partial charge in [0, 0.05) is 12.6 Å². The highest BCUT2D eigenvalue weighted by molar-refractivity contribution is 5.89. The molecule has 0 aliphatic carbocycles. The number of esters is 1. The molecule has 9 heteroatoms. The van der Waals surface area contributed by atoms with Gasteiger partial charge < -0.3 is 19.9 Å². The summed E-state index contributed by atoms with van der Waals surface area (Å²) in [4.78, 5) is 11.5. The number of alkyl halides is 3. The Kier molecular flexibility index (Phi) is 10.1. The van der Waals surface area contributed by atoms with Gasteiger partial charge in [-0.2, -0.15) is 13.2 Å². The van der Waals surface area contributed by atoms with Crippen molar-refractivity contribution in [2.75, 3.05) is 13.7 Å². The number of carbonyl (C=O) groups is 1. The van der Waals surface area contributed by atoms with E-state index in [0.29, 0.717) is 23.3 Å². The van der Waals surface area contributed by atoms with E-state index in [1.165, 1.54) is 19.2 Å². The minimum Gasteiger partial charge on any atom is -0.465 e. The second kappa shape index (κ2) is 12.6. The standard InChI is InChI=1S/C26H26F3NO4.ClH/c1-17(13-18-9-11-19(12-10-18)25(32)33-2)30-16-24(31)20-5-3-7-22(14-20)34-23-8-4-6-21(15-23)26(27,28)29;/h3-12,14-15,17,24,30-31H,13,16H2,1-2H3;1H. The molecule has 0 amide bonds. The molecular formula is C26H27ClF3NO4. The van der Waals surface area contributed by atoms with E-state index in [4.69, 9.17) is 9.47 Å². The molecule has 0 fully saturated rings. The Bertz CT molecular complexity index is 1110. The second-order valence-electron chi connectivity index (χ2n) is 7.92. The first-order valence-corrected chi connectivity index (χ1v) is 10.7. The Hall–Kier alpha value is -3.07. The molecule has 2 N–H and O–H groups in total. The molecule has 0 aromatic heterocycles. The number of hydrogen-bond acceptors (Lipinski definition) is 5. The zero-order chi connectivity index (χ0) is 24.7. The summed E-state index contributed by atoms with van der Waals surface area (Å²) in [5, 5.41) is 13.8. The molecular weight excluding hydrogens is 483 g/mol. The van der Waals surface area contributed by atoms with Crippen LogP contribution in [0, 0.1) is 0 Å². The predicted molar refractivity (Wildman–Crippen MR) is 129 cm³/mol. The Balaban J connectivity index is 0.00000432. The van der Waals surface area contributed by atoms with Gasteiger partial charge in [-0.05, 0) is 66.9 Å². The molecule has 35 heavy (non-hydrogen) atoms. The van der Waals surface area contributed by atoms with Crippen molar-refractivity contribution in [3.63, 3.8) is 0 Å². The maximum absolute atomic E-state index is 12.9. The summed E-state index contributed by atoms with van der Waals surface area (Å²) >= 11 is 0. The summed E-state index contributed by atoms with van der Waals surface area (Å²) in [7, 11) is 1.33. The van der Waals surface area contributed by atoms with Gasteiger partial charge in [-0.15, -0.1) is 12.4 Å². The van der Waals surface area contributed by atoms with Crippen molar-refractivity contribution in [1.82, 2.24) is 5.32 Å². The van der Waals surface area contributed by atoms with Gasteiger partial charge in [0.25, 0.3) is 0 Å². The van der Waals surface area contributed by atoms with Crippen molar-refractivity contribution >= 4 is 18.4 Å². The van der Waals surface area contributed by atoms with Gasteiger partial charge in [-0.3, -0.25) is 0 Å². The number of halogens is 4. The van der Waals surface area contributed by atoms with E-state index in [9.17, 15) is 23.1 Å². The molecule has 0 aliphatic rings. The largest absolute Gasteiger partial charge is 0.465 e. The number of rotatable bonds is 9. The third-order valence-electron chi connectivity index (χ3n) is 5.22. The van der Waals surface area contributed by atoms with E-state index < -0.39 is 17.8 Å². The summed E-state index contributed by atoms with van der Waals surface area (Å²) < 4.78 is 49.0. The first-order valence-electron chi connectivity index (χ1n) is 10.7. The van der Waals surface area contributed by atoms with Gasteiger partial charge in [0.15, 0.2) is 0 Å². The van der Waals surface area contributed by atoms with Crippen molar-refractivity contribution < 1.29 is 32.5 Å². The van der Waals surface area contributed by atoms with E-state index in [1.54, 1.807) is 36.4 Å². The topological polar surface area (TPSA) is 67.8 Å². The van der Waals surface area contributed by atoms with Crippen LogP contribution in [0.25, 0.3) is 0 Å². The predicted octanol–water partition coefficient (Wildman–Crippen LogP) is 5.96. The van der Waals surface area contributed by atoms with E-state index in [-0.39, 0.29) is 36.7 Å². The number of aliphatic hydroxyl groups excluding tert-OH is 1. The lowest BCUT2D eigenvalue weighted by Gasteiger charge is -2.18. The fraction of sp³-hybridized carbons (Fsp3) is 0.269. The molecule has 2 unspecified atom stereocenters. The molecule has 0 saturated carbocycles. The fourth-order valence-corrected chi connectivity index (χ4v) is 3.41.